The predicted molar refractivity (Wildman–Crippen MR) is 35.1 cm³/mol. The molecule has 0 aromatic carbocycles. The van der Waals surface area contributed by atoms with Gasteiger partial charge in [-0.15, -0.1) is 0 Å². The van der Waals surface area contributed by atoms with Crippen LogP contribution in [0, 0.1) is 0 Å². The number of hydrogen-bond acceptors (Lipinski definition) is 2. The minimum absolute atomic E-state index is 0.858. The van der Waals surface area contributed by atoms with E-state index in [1.165, 1.54) is 5.70 Å². The molecule has 0 saturated carbocycles. The fraction of sp³-hybridized carbons (Fsp3) is 0.500. The number of hydrogen-bond donors (Lipinski definition) is 0. The second kappa shape index (κ2) is 1.84. The molecule has 1 saturated heterocycles. The molecule has 0 unspecified atom stereocenters. The van der Waals surface area contributed by atoms with Crippen LogP contribution in [0.25, 0.3) is 0 Å². The summed E-state index contributed by atoms with van der Waals surface area (Å²) in [7, 11) is 0. The van der Waals surface area contributed by atoms with Gasteiger partial charge < -0.3 is 4.90 Å². The first kappa shape index (κ1) is 4.99. The average Bonchev–Trinajstić information content (AvgIpc) is 2.33. The van der Waals surface area contributed by atoms with Crippen molar-refractivity contribution in [3.63, 3.8) is 0 Å². The lowest BCUT2D eigenvalue weighted by Gasteiger charge is -2.17. The van der Waals surface area contributed by atoms with Gasteiger partial charge in [0.1, 0.15) is 0 Å². The van der Waals surface area contributed by atoms with Crippen molar-refractivity contribution in [1.29, 1.82) is 0 Å². The van der Waals surface area contributed by atoms with E-state index in [1.54, 1.807) is 0 Å². The summed E-state index contributed by atoms with van der Waals surface area (Å²) in [6.07, 6.45) is 3.80. The molecule has 0 N–H and O–H groups in total. The van der Waals surface area contributed by atoms with E-state index in [4.69, 9.17) is 0 Å². The van der Waals surface area contributed by atoms with E-state index in [0.717, 1.165) is 19.8 Å². The van der Waals surface area contributed by atoms with Gasteiger partial charge in [-0.2, -0.15) is 0 Å². The lowest BCUT2D eigenvalue weighted by molar-refractivity contribution is 0.431. The molecule has 2 aliphatic heterocycles. The zero-order valence-corrected chi connectivity index (χ0v) is 5.12. The molecule has 0 spiro atoms. The van der Waals surface area contributed by atoms with Gasteiger partial charge in [-0.25, -0.2) is 5.32 Å². The molecule has 3 nitrogen and oxygen atoms in total. The maximum absolute atomic E-state index is 4.21. The van der Waals surface area contributed by atoms with Crippen molar-refractivity contribution in [2.75, 3.05) is 19.8 Å². The summed E-state index contributed by atoms with van der Waals surface area (Å²) >= 11 is 0. The van der Waals surface area contributed by atoms with Crippen molar-refractivity contribution in [1.82, 2.24) is 10.2 Å². The molecule has 3 heteroatoms. The van der Waals surface area contributed by atoms with Crippen molar-refractivity contribution in [3.05, 3.63) is 11.9 Å². The fourth-order valence-corrected chi connectivity index (χ4v) is 1.06. The summed E-state index contributed by atoms with van der Waals surface area (Å²) in [5, 5.41) is 4.21. The highest BCUT2D eigenvalue weighted by Gasteiger charge is 2.17. The third-order valence-corrected chi connectivity index (χ3v) is 1.58. The molecule has 0 aromatic heterocycles. The van der Waals surface area contributed by atoms with Crippen LogP contribution in [0.1, 0.15) is 0 Å². The van der Waals surface area contributed by atoms with Crippen LogP contribution in [-0.2, 0) is 0 Å². The number of fused-ring (bicyclic) bond motifs is 1. The van der Waals surface area contributed by atoms with Crippen molar-refractivity contribution in [2.24, 2.45) is 4.99 Å². The van der Waals surface area contributed by atoms with Gasteiger partial charge >= 0.3 is 0 Å². The van der Waals surface area contributed by atoms with Crippen molar-refractivity contribution in [3.8, 4) is 0 Å². The van der Waals surface area contributed by atoms with Gasteiger partial charge in [-0.1, -0.05) is 0 Å². The molecule has 0 aliphatic carbocycles. The SMILES string of the molecule is C1=NC=C2C[N]CN2C1. The van der Waals surface area contributed by atoms with Gasteiger partial charge in [0.2, 0.25) is 0 Å². The predicted octanol–water partition coefficient (Wildman–Crippen LogP) is -0.210. The van der Waals surface area contributed by atoms with Gasteiger partial charge in [-0.05, 0) is 0 Å². The molecule has 0 atom stereocenters. The van der Waals surface area contributed by atoms with Gasteiger partial charge in [0.15, 0.2) is 0 Å². The van der Waals surface area contributed by atoms with Crippen LogP contribution in [0.5, 0.6) is 0 Å². The highest BCUT2D eigenvalue weighted by Crippen LogP contribution is 2.10. The van der Waals surface area contributed by atoms with Crippen molar-refractivity contribution >= 4 is 6.21 Å². The first-order valence-electron chi connectivity index (χ1n) is 3.06. The highest BCUT2D eigenvalue weighted by molar-refractivity contribution is 5.62. The van der Waals surface area contributed by atoms with Crippen molar-refractivity contribution < 1.29 is 0 Å². The maximum Gasteiger partial charge on any atom is 0.0849 e. The van der Waals surface area contributed by atoms with Gasteiger partial charge in [0.25, 0.3) is 0 Å². The third kappa shape index (κ3) is 0.733. The Balaban J connectivity index is 2.23. The number of nitrogens with zero attached hydrogens (tertiary/aromatic N) is 3. The van der Waals surface area contributed by atoms with Crippen LogP contribution < -0.4 is 5.32 Å². The molecule has 1 fully saturated rings. The Morgan fingerprint density at radius 2 is 2.56 bits per heavy atom. The van der Waals surface area contributed by atoms with Crippen LogP contribution in [0.15, 0.2) is 16.9 Å². The summed E-state index contributed by atoms with van der Waals surface area (Å²) in [5.41, 5.74) is 1.26. The molecule has 1 radical (unpaired) electrons. The molecule has 0 amide bonds. The maximum atomic E-state index is 4.21. The molecule has 9 heavy (non-hydrogen) atoms. The monoisotopic (exact) mass is 122 g/mol. The van der Waals surface area contributed by atoms with Gasteiger partial charge in [-0.3, -0.25) is 4.99 Å². The Morgan fingerprint density at radius 1 is 1.56 bits per heavy atom. The van der Waals surface area contributed by atoms with Crippen LogP contribution in [0.2, 0.25) is 0 Å². The Kier molecular flexibility index (Phi) is 1.02. The summed E-state index contributed by atoms with van der Waals surface area (Å²) < 4.78 is 0. The zero-order valence-electron chi connectivity index (χ0n) is 5.12. The minimum atomic E-state index is 0.858. The van der Waals surface area contributed by atoms with E-state index in [9.17, 15) is 0 Å². The van der Waals surface area contributed by atoms with E-state index < -0.39 is 0 Å². The van der Waals surface area contributed by atoms with Crippen LogP contribution in [-0.4, -0.2) is 30.9 Å². The molecule has 2 heterocycles. The standard InChI is InChI=1S/C6H8N3/c1-2-9-5-8-4-6(9)3-7-1/h1,3H,2,4-5H2. The fourth-order valence-electron chi connectivity index (χ4n) is 1.06. The molecular formula is C6H8N3. The van der Waals surface area contributed by atoms with Crippen LogP contribution in [0.4, 0.5) is 0 Å². The molecule has 0 aromatic rings. The zero-order chi connectivity index (χ0) is 6.10. The van der Waals surface area contributed by atoms with E-state index >= 15 is 0 Å². The van der Waals surface area contributed by atoms with Gasteiger partial charge in [0.05, 0.1) is 19.8 Å². The van der Waals surface area contributed by atoms with Gasteiger partial charge in [0, 0.05) is 18.1 Å². The van der Waals surface area contributed by atoms with E-state index in [2.05, 4.69) is 15.2 Å². The molecule has 2 rings (SSSR count). The largest absolute Gasteiger partial charge is 0.353 e. The molecular weight excluding hydrogens is 114 g/mol. The molecule has 0 bridgehead atoms. The number of aliphatic imine (C=N–C) groups is 1. The Morgan fingerprint density at radius 3 is 3.44 bits per heavy atom. The highest BCUT2D eigenvalue weighted by atomic mass is 15.3. The minimum Gasteiger partial charge on any atom is -0.353 e. The van der Waals surface area contributed by atoms with Crippen LogP contribution in [0.3, 0.4) is 0 Å². The lowest BCUT2D eigenvalue weighted by Crippen LogP contribution is -2.23. The van der Waals surface area contributed by atoms with Crippen molar-refractivity contribution in [2.45, 2.75) is 0 Å². The first-order valence-corrected chi connectivity index (χ1v) is 3.06. The average molecular weight is 122 g/mol. The topological polar surface area (TPSA) is 29.7 Å². The Labute approximate surface area is 54.1 Å². The smallest absolute Gasteiger partial charge is 0.0849 e. The number of rotatable bonds is 0. The second-order valence-corrected chi connectivity index (χ2v) is 2.20. The summed E-state index contributed by atoms with van der Waals surface area (Å²) in [6.45, 7) is 2.66. The van der Waals surface area contributed by atoms with E-state index in [0.29, 0.717) is 0 Å². The second-order valence-electron chi connectivity index (χ2n) is 2.20. The summed E-state index contributed by atoms with van der Waals surface area (Å²) in [4.78, 5) is 6.25. The van der Waals surface area contributed by atoms with Crippen LogP contribution >= 0.6 is 0 Å². The summed E-state index contributed by atoms with van der Waals surface area (Å²) in [5.74, 6) is 0. The first-order chi connectivity index (χ1) is 4.47. The lowest BCUT2D eigenvalue weighted by atomic mass is 10.4. The van der Waals surface area contributed by atoms with E-state index in [1.807, 2.05) is 12.4 Å². The molecule has 2 aliphatic rings. The van der Waals surface area contributed by atoms with E-state index in [-0.39, 0.29) is 0 Å². The normalized spacial score (nSPS) is 24.0. The summed E-state index contributed by atoms with van der Waals surface area (Å²) in [6, 6.07) is 0. The Bertz CT molecular complexity index is 171. The third-order valence-electron chi connectivity index (χ3n) is 1.58. The quantitative estimate of drug-likeness (QED) is 0.437. The molecule has 47 valence electrons. The Hall–Kier alpha value is -0.830.